The van der Waals surface area contributed by atoms with Crippen molar-refractivity contribution in [2.75, 3.05) is 0 Å². The number of carboxylic acids is 1. The molecule has 1 aromatic carbocycles. The van der Waals surface area contributed by atoms with Gasteiger partial charge in [-0.1, -0.05) is 18.2 Å². The summed E-state index contributed by atoms with van der Waals surface area (Å²) in [6, 6.07) is 4.99. The number of para-hydroxylation sites is 1. The molecule has 0 spiro atoms. The van der Waals surface area contributed by atoms with E-state index in [9.17, 15) is 19.1 Å². The first-order chi connectivity index (χ1) is 8.45. The third kappa shape index (κ3) is 1.83. The van der Waals surface area contributed by atoms with Crippen molar-refractivity contribution in [1.82, 2.24) is 5.32 Å². The summed E-state index contributed by atoms with van der Waals surface area (Å²) in [5.41, 5.74) is 3.24. The van der Waals surface area contributed by atoms with Gasteiger partial charge in [0.1, 0.15) is 5.75 Å². The maximum Gasteiger partial charge on any atom is 0.334 e. The minimum atomic E-state index is -1.90. The van der Waals surface area contributed by atoms with Gasteiger partial charge < -0.3 is 20.9 Å². The van der Waals surface area contributed by atoms with Crippen LogP contribution in [-0.2, 0) is 10.3 Å². The van der Waals surface area contributed by atoms with Crippen molar-refractivity contribution in [3.63, 3.8) is 0 Å². The summed E-state index contributed by atoms with van der Waals surface area (Å²) in [5.74, 6) is -1.31. The molecule has 0 bridgehead atoms. The van der Waals surface area contributed by atoms with Gasteiger partial charge >= 0.3 is 12.0 Å². The van der Waals surface area contributed by atoms with Crippen molar-refractivity contribution in [1.29, 1.82) is 0 Å². The number of hydrogen-bond donors (Lipinski definition) is 3. The van der Waals surface area contributed by atoms with Gasteiger partial charge in [0.25, 0.3) is 0 Å². The van der Waals surface area contributed by atoms with E-state index < -0.39 is 30.3 Å². The number of rotatable bonds is 2. The number of nitrogens with two attached hydrogens (primary N) is 1. The van der Waals surface area contributed by atoms with Gasteiger partial charge in [0, 0.05) is 5.56 Å². The topological polar surface area (TPSA) is 102 Å². The first-order valence-corrected chi connectivity index (χ1v) is 5.17. The van der Waals surface area contributed by atoms with Gasteiger partial charge in [-0.2, -0.15) is 0 Å². The van der Waals surface area contributed by atoms with Crippen LogP contribution in [0, 0.1) is 0 Å². The lowest BCUT2D eigenvalue weighted by Gasteiger charge is -2.36. The molecule has 6 nitrogen and oxygen atoms in total. The second kappa shape index (κ2) is 4.17. The largest absolute Gasteiger partial charge is 0.479 e. The first-order valence-electron chi connectivity index (χ1n) is 5.17. The highest BCUT2D eigenvalue weighted by Crippen LogP contribution is 2.39. The van der Waals surface area contributed by atoms with Gasteiger partial charge in [0.2, 0.25) is 6.36 Å². The lowest BCUT2D eigenvalue weighted by Crippen LogP contribution is -2.57. The predicted octanol–water partition coefficient (Wildman–Crippen LogP) is 0.713. The van der Waals surface area contributed by atoms with Crippen LogP contribution in [0.4, 0.5) is 9.18 Å². The van der Waals surface area contributed by atoms with Crippen LogP contribution in [-0.4, -0.2) is 23.5 Å². The Hall–Kier alpha value is -2.31. The molecular weight excluding hydrogens is 243 g/mol. The number of alkyl halides is 1. The van der Waals surface area contributed by atoms with Crippen LogP contribution in [0.2, 0.25) is 0 Å². The molecule has 2 unspecified atom stereocenters. The number of carboxylic acid groups (broad SMARTS) is 1. The molecular formula is C11H11FN2O4. The molecule has 1 aliphatic heterocycles. The lowest BCUT2D eigenvalue weighted by molar-refractivity contribution is -0.149. The van der Waals surface area contributed by atoms with Crippen LogP contribution in [0.15, 0.2) is 24.3 Å². The molecule has 1 aromatic rings. The fraction of sp³-hybridized carbons (Fsp3) is 0.273. The van der Waals surface area contributed by atoms with Crippen molar-refractivity contribution in [3.05, 3.63) is 29.8 Å². The number of amides is 2. The van der Waals surface area contributed by atoms with E-state index in [4.69, 9.17) is 10.5 Å². The van der Waals surface area contributed by atoms with E-state index in [1.807, 2.05) is 0 Å². The van der Waals surface area contributed by atoms with E-state index in [0.717, 1.165) is 0 Å². The number of ether oxygens (including phenoxy) is 1. The number of urea groups is 1. The molecule has 2 atom stereocenters. The van der Waals surface area contributed by atoms with Gasteiger partial charge in [-0.25, -0.2) is 14.0 Å². The van der Waals surface area contributed by atoms with Crippen molar-refractivity contribution in [2.45, 2.75) is 18.3 Å². The number of halogens is 1. The van der Waals surface area contributed by atoms with Gasteiger partial charge in [0.15, 0.2) is 5.54 Å². The minimum Gasteiger partial charge on any atom is -0.479 e. The maximum absolute atomic E-state index is 13.5. The standard InChI is InChI=1S/C11H11FN2O4/c12-8-5-11(9(15)16,14-10(13)17)6-3-1-2-4-7(6)18-8/h1-4,8H,5H2,(H,15,16)(H3,13,14,17). The van der Waals surface area contributed by atoms with Gasteiger partial charge in [0.05, 0.1) is 6.42 Å². The fourth-order valence-electron chi connectivity index (χ4n) is 2.04. The third-order valence-corrected chi connectivity index (χ3v) is 2.77. The molecule has 4 N–H and O–H groups in total. The third-order valence-electron chi connectivity index (χ3n) is 2.77. The highest BCUT2D eigenvalue weighted by atomic mass is 19.1. The molecule has 2 amide bonds. The Morgan fingerprint density at radius 2 is 2.17 bits per heavy atom. The van der Waals surface area contributed by atoms with Crippen molar-refractivity contribution in [3.8, 4) is 5.75 Å². The van der Waals surface area contributed by atoms with Gasteiger partial charge in [-0.3, -0.25) is 0 Å². The summed E-state index contributed by atoms with van der Waals surface area (Å²) in [5, 5.41) is 11.4. The van der Waals surface area contributed by atoms with E-state index in [1.165, 1.54) is 12.1 Å². The molecule has 0 saturated heterocycles. The Morgan fingerprint density at radius 1 is 1.50 bits per heavy atom. The Kier molecular flexibility index (Phi) is 2.82. The van der Waals surface area contributed by atoms with Crippen molar-refractivity contribution >= 4 is 12.0 Å². The number of fused-ring (bicyclic) bond motifs is 1. The second-order valence-electron chi connectivity index (χ2n) is 3.93. The van der Waals surface area contributed by atoms with Gasteiger partial charge in [-0.15, -0.1) is 0 Å². The highest BCUT2D eigenvalue weighted by Gasteiger charge is 2.49. The zero-order valence-electron chi connectivity index (χ0n) is 9.22. The van der Waals surface area contributed by atoms with E-state index in [-0.39, 0.29) is 11.3 Å². The van der Waals surface area contributed by atoms with Crippen molar-refractivity contribution in [2.24, 2.45) is 5.73 Å². The maximum atomic E-state index is 13.5. The number of carbonyl (C=O) groups excluding carboxylic acids is 1. The number of nitrogens with one attached hydrogen (secondary N) is 1. The average molecular weight is 254 g/mol. The fourth-order valence-corrected chi connectivity index (χ4v) is 2.04. The van der Waals surface area contributed by atoms with Crippen molar-refractivity contribution < 1.29 is 23.8 Å². The molecule has 96 valence electrons. The van der Waals surface area contributed by atoms with Crippen LogP contribution in [0.3, 0.4) is 0 Å². The van der Waals surface area contributed by atoms with E-state index in [1.54, 1.807) is 12.1 Å². The minimum absolute atomic E-state index is 0.0763. The summed E-state index contributed by atoms with van der Waals surface area (Å²) in [6.07, 6.45) is -2.37. The van der Waals surface area contributed by atoms with E-state index in [0.29, 0.717) is 0 Å². The zero-order chi connectivity index (χ0) is 13.3. The summed E-state index contributed by atoms with van der Waals surface area (Å²) < 4.78 is 18.4. The summed E-state index contributed by atoms with van der Waals surface area (Å²) >= 11 is 0. The zero-order valence-corrected chi connectivity index (χ0v) is 9.22. The molecule has 1 aliphatic rings. The summed E-state index contributed by atoms with van der Waals surface area (Å²) in [7, 11) is 0. The molecule has 0 aliphatic carbocycles. The number of carbonyl (C=O) groups is 2. The molecule has 0 saturated carbocycles. The molecule has 2 rings (SSSR count). The Balaban J connectivity index is 2.59. The second-order valence-corrected chi connectivity index (χ2v) is 3.93. The van der Waals surface area contributed by atoms with Gasteiger partial charge in [-0.05, 0) is 6.07 Å². The monoisotopic (exact) mass is 254 g/mol. The van der Waals surface area contributed by atoms with E-state index in [2.05, 4.69) is 5.32 Å². The molecule has 0 radical (unpaired) electrons. The molecule has 7 heteroatoms. The number of benzene rings is 1. The Bertz CT molecular complexity index is 508. The molecule has 1 heterocycles. The first kappa shape index (κ1) is 12.2. The van der Waals surface area contributed by atoms with Crippen LogP contribution in [0.25, 0.3) is 0 Å². The molecule has 0 aromatic heterocycles. The Morgan fingerprint density at radius 3 is 2.78 bits per heavy atom. The van der Waals surface area contributed by atoms with Crippen LogP contribution in [0.1, 0.15) is 12.0 Å². The SMILES string of the molecule is NC(=O)NC1(C(=O)O)CC(F)Oc2ccccc21. The highest BCUT2D eigenvalue weighted by molar-refractivity contribution is 5.88. The quantitative estimate of drug-likeness (QED) is 0.723. The summed E-state index contributed by atoms with van der Waals surface area (Å²) in [6.45, 7) is 0. The number of primary amides is 1. The molecule has 18 heavy (non-hydrogen) atoms. The van der Waals surface area contributed by atoms with Crippen LogP contribution < -0.4 is 15.8 Å². The number of hydrogen-bond acceptors (Lipinski definition) is 3. The van der Waals surface area contributed by atoms with E-state index >= 15 is 0 Å². The molecule has 0 fully saturated rings. The number of aliphatic carboxylic acids is 1. The van der Waals surface area contributed by atoms with Crippen LogP contribution >= 0.6 is 0 Å². The predicted molar refractivity (Wildman–Crippen MR) is 58.6 cm³/mol. The van der Waals surface area contributed by atoms with Crippen LogP contribution in [0.5, 0.6) is 5.75 Å². The lowest BCUT2D eigenvalue weighted by atomic mass is 9.84. The summed E-state index contributed by atoms with van der Waals surface area (Å²) in [4.78, 5) is 22.4. The smallest absolute Gasteiger partial charge is 0.334 e. The Labute approximate surface area is 102 Å². The average Bonchev–Trinajstić information content (AvgIpc) is 2.27. The normalized spacial score (nSPS) is 25.7.